The third-order valence-electron chi connectivity index (χ3n) is 4.03. The average molecular weight is 285 g/mol. The average Bonchev–Trinajstić information content (AvgIpc) is 2.90. The van der Waals surface area contributed by atoms with Crippen molar-refractivity contribution >= 4 is 19.6 Å². The van der Waals surface area contributed by atoms with E-state index in [1.807, 2.05) is 20.8 Å². The number of hydrogen-bond donors (Lipinski definition) is 0. The van der Waals surface area contributed by atoms with Crippen molar-refractivity contribution in [3.05, 3.63) is 0 Å². The molecule has 110 valence electrons. The first-order chi connectivity index (χ1) is 8.27. The van der Waals surface area contributed by atoms with Gasteiger partial charge >= 0.3 is 6.09 Å². The summed E-state index contributed by atoms with van der Waals surface area (Å²) in [6.07, 6.45) is -0.371. The van der Waals surface area contributed by atoms with Crippen LogP contribution in [0.3, 0.4) is 0 Å². The van der Waals surface area contributed by atoms with Crippen LogP contribution in [0.25, 0.3) is 0 Å². The third-order valence-corrected chi connectivity index (χ3v) is 9.35. The minimum absolute atomic E-state index is 0.00623. The highest BCUT2D eigenvalue weighted by atomic mass is 28.3. The van der Waals surface area contributed by atoms with Crippen LogP contribution >= 0.6 is 0 Å². The molecule has 1 atom stereocenters. The molecule has 0 aliphatic carbocycles. The van der Waals surface area contributed by atoms with Gasteiger partial charge in [-0.1, -0.05) is 33.9 Å². The van der Waals surface area contributed by atoms with E-state index < -0.39 is 13.7 Å². The second-order valence-electron chi connectivity index (χ2n) is 7.89. The fourth-order valence-electron chi connectivity index (χ4n) is 1.67. The lowest BCUT2D eigenvalue weighted by Gasteiger charge is -2.35. The minimum Gasteiger partial charge on any atom is -0.444 e. The van der Waals surface area contributed by atoms with Gasteiger partial charge in [-0.2, -0.15) is 0 Å². The molecule has 19 heavy (non-hydrogen) atoms. The van der Waals surface area contributed by atoms with Gasteiger partial charge in [-0.25, -0.2) is 4.79 Å². The second kappa shape index (κ2) is 4.61. The Morgan fingerprint density at radius 2 is 1.58 bits per heavy atom. The van der Waals surface area contributed by atoms with Crippen LogP contribution in [0.5, 0.6) is 0 Å². The van der Waals surface area contributed by atoms with E-state index >= 15 is 0 Å². The van der Waals surface area contributed by atoms with Crippen molar-refractivity contribution in [2.75, 3.05) is 6.54 Å². The lowest BCUT2D eigenvalue weighted by Crippen LogP contribution is -2.49. The number of ether oxygens (including phenoxy) is 1. The van der Waals surface area contributed by atoms with E-state index in [1.54, 1.807) is 0 Å². The first kappa shape index (κ1) is 16.2. The van der Waals surface area contributed by atoms with Crippen LogP contribution in [0.15, 0.2) is 0 Å². The second-order valence-corrected chi connectivity index (χ2v) is 13.1. The molecule has 0 radical (unpaired) electrons. The van der Waals surface area contributed by atoms with Crippen LogP contribution in [0.4, 0.5) is 4.79 Å². The Kier molecular flexibility index (Phi) is 3.94. The molecule has 0 N–H and O–H groups in total. The molecule has 0 aromatic rings. The van der Waals surface area contributed by atoms with Crippen molar-refractivity contribution in [1.82, 2.24) is 4.90 Å². The molecule has 0 aromatic heterocycles. The van der Waals surface area contributed by atoms with Crippen molar-refractivity contribution in [2.24, 2.45) is 0 Å². The summed E-state index contributed by atoms with van der Waals surface area (Å²) < 4.78 is 5.29. The molecule has 1 aliphatic heterocycles. The van der Waals surface area contributed by atoms with Crippen molar-refractivity contribution in [3.8, 4) is 0 Å². The minimum atomic E-state index is -2.04. The molecular formula is C14H27NO3Si. The van der Waals surface area contributed by atoms with Crippen LogP contribution in [0.1, 0.15) is 41.5 Å². The molecule has 5 heteroatoms. The molecule has 1 aliphatic rings. The van der Waals surface area contributed by atoms with Gasteiger partial charge in [0, 0.05) is 0 Å². The Morgan fingerprint density at radius 3 is 1.95 bits per heavy atom. The molecule has 0 spiro atoms. The molecule has 0 saturated carbocycles. The lowest BCUT2D eigenvalue weighted by molar-refractivity contribution is -0.113. The molecule has 1 fully saturated rings. The maximum absolute atomic E-state index is 12.6. The van der Waals surface area contributed by atoms with Gasteiger partial charge in [0.25, 0.3) is 0 Å². The summed E-state index contributed by atoms with van der Waals surface area (Å²) in [5.41, 5.74) is -0.510. The quantitative estimate of drug-likeness (QED) is 0.578. The topological polar surface area (TPSA) is 46.4 Å². The van der Waals surface area contributed by atoms with Crippen LogP contribution < -0.4 is 0 Å². The third kappa shape index (κ3) is 3.59. The van der Waals surface area contributed by atoms with Gasteiger partial charge < -0.3 is 9.53 Å². The molecule has 0 bridgehead atoms. The highest BCUT2D eigenvalue weighted by Crippen LogP contribution is 2.39. The summed E-state index contributed by atoms with van der Waals surface area (Å²) in [6.45, 7) is 16.5. The lowest BCUT2D eigenvalue weighted by atomic mass is 10.2. The van der Waals surface area contributed by atoms with E-state index in [4.69, 9.17) is 4.74 Å². The zero-order chi connectivity index (χ0) is 15.2. The van der Waals surface area contributed by atoms with Crippen LogP contribution in [-0.4, -0.2) is 42.7 Å². The Labute approximate surface area is 117 Å². The standard InChI is InChI=1S/C14H27NO3Si/c1-13(2,3)18-12(17)15-9-10(15)11(16)19(7,8)14(4,5)6/h10H,9H2,1-8H3. The maximum atomic E-state index is 12.6. The zero-order valence-electron chi connectivity index (χ0n) is 13.5. The SMILES string of the molecule is CC(C)(C)OC(=O)N1CC1C(=O)[Si](C)(C)C(C)(C)C. The van der Waals surface area contributed by atoms with E-state index in [9.17, 15) is 9.59 Å². The normalized spacial score (nSPS) is 20.2. The zero-order valence-corrected chi connectivity index (χ0v) is 14.5. The van der Waals surface area contributed by atoms with Crippen molar-refractivity contribution < 1.29 is 14.3 Å². The first-order valence-electron chi connectivity index (χ1n) is 6.81. The van der Waals surface area contributed by atoms with Gasteiger partial charge in [-0.05, 0) is 25.8 Å². The summed E-state index contributed by atoms with van der Waals surface area (Å²) in [4.78, 5) is 26.0. The molecule has 1 saturated heterocycles. The number of amides is 1. The van der Waals surface area contributed by atoms with Crippen LogP contribution in [0.2, 0.25) is 18.1 Å². The summed E-state index contributed by atoms with van der Waals surface area (Å²) >= 11 is 0. The van der Waals surface area contributed by atoms with E-state index in [0.29, 0.717) is 6.54 Å². The highest BCUT2D eigenvalue weighted by molar-refractivity contribution is 7.07. The first-order valence-corrected chi connectivity index (χ1v) is 9.81. The monoisotopic (exact) mass is 285 g/mol. The molecule has 4 nitrogen and oxygen atoms in total. The van der Waals surface area contributed by atoms with Crippen LogP contribution in [-0.2, 0) is 9.53 Å². The Hall–Kier alpha value is -0.843. The largest absolute Gasteiger partial charge is 0.444 e. The fourth-order valence-corrected chi connectivity index (χ4v) is 3.49. The Morgan fingerprint density at radius 1 is 1.11 bits per heavy atom. The predicted molar refractivity (Wildman–Crippen MR) is 78.9 cm³/mol. The number of rotatable bonds is 2. The molecule has 1 amide bonds. The summed E-state index contributed by atoms with van der Waals surface area (Å²) in [5.74, 6) is 0. The van der Waals surface area contributed by atoms with Gasteiger partial charge in [-0.3, -0.25) is 4.90 Å². The summed E-state index contributed by atoms with van der Waals surface area (Å²) in [7, 11) is -2.04. The Balaban J connectivity index is 2.68. The van der Waals surface area contributed by atoms with E-state index in [0.717, 1.165) is 0 Å². The van der Waals surface area contributed by atoms with Crippen molar-refractivity contribution in [3.63, 3.8) is 0 Å². The molecule has 0 aromatic carbocycles. The van der Waals surface area contributed by atoms with E-state index in [2.05, 4.69) is 33.9 Å². The molecule has 1 rings (SSSR count). The molecule has 1 unspecified atom stereocenters. The Bertz CT molecular complexity index is 390. The number of hydrogen-bond acceptors (Lipinski definition) is 3. The predicted octanol–water partition coefficient (Wildman–Crippen LogP) is 3.22. The number of nitrogens with zero attached hydrogens (tertiary/aromatic N) is 1. The van der Waals surface area contributed by atoms with Gasteiger partial charge in [0.15, 0.2) is 0 Å². The van der Waals surface area contributed by atoms with Crippen molar-refractivity contribution in [2.45, 2.75) is 71.3 Å². The van der Waals surface area contributed by atoms with Gasteiger partial charge in [0.05, 0.1) is 6.54 Å². The smallest absolute Gasteiger partial charge is 0.411 e. The van der Waals surface area contributed by atoms with Gasteiger partial charge in [0.1, 0.15) is 25.1 Å². The van der Waals surface area contributed by atoms with Gasteiger partial charge in [0.2, 0.25) is 0 Å². The summed E-state index contributed by atoms with van der Waals surface area (Å²) in [6, 6.07) is -0.254. The number of carbonyl (C=O) groups excluding carboxylic acids is 2. The maximum Gasteiger partial charge on any atom is 0.411 e. The van der Waals surface area contributed by atoms with E-state index in [-0.39, 0.29) is 22.6 Å². The van der Waals surface area contributed by atoms with Crippen molar-refractivity contribution in [1.29, 1.82) is 0 Å². The van der Waals surface area contributed by atoms with E-state index in [1.165, 1.54) is 4.90 Å². The summed E-state index contributed by atoms with van der Waals surface area (Å²) in [5, 5.41) is 0.262. The number of carbonyl (C=O) groups is 2. The molecular weight excluding hydrogens is 258 g/mol. The van der Waals surface area contributed by atoms with Gasteiger partial charge in [-0.15, -0.1) is 0 Å². The molecule has 1 heterocycles. The highest BCUT2D eigenvalue weighted by Gasteiger charge is 2.54. The van der Waals surface area contributed by atoms with Crippen LogP contribution in [0, 0.1) is 0 Å². The fraction of sp³-hybridized carbons (Fsp3) is 0.857.